The number of ether oxygens (including phenoxy) is 1. The summed E-state index contributed by atoms with van der Waals surface area (Å²) in [7, 11) is -3.48. The van der Waals surface area contributed by atoms with Crippen LogP contribution in [0.2, 0.25) is 0 Å². The van der Waals surface area contributed by atoms with E-state index in [4.69, 9.17) is 4.74 Å². The monoisotopic (exact) mass is 744 g/mol. The molecule has 19 heteroatoms. The Kier molecular flexibility index (Phi) is 9.76. The predicted molar refractivity (Wildman–Crippen MR) is 194 cm³/mol. The second-order valence-corrected chi connectivity index (χ2v) is 13.6. The molecule has 0 saturated carbocycles. The molecule has 0 radical (unpaired) electrons. The number of nitrogens with zero attached hydrogens (tertiary/aromatic N) is 8. The maximum Gasteiger partial charge on any atom is 0.278 e. The van der Waals surface area contributed by atoms with Crippen LogP contribution in [0.25, 0.3) is 34.2 Å². The number of carbonyl (C=O) groups excluding carboxylic acids is 2. The topological polar surface area (TPSA) is 245 Å². The number of sulfone groups is 1. The molecule has 0 bridgehead atoms. The van der Waals surface area contributed by atoms with Gasteiger partial charge in [0.25, 0.3) is 17.4 Å². The Bertz CT molecular complexity index is 2640. The highest BCUT2D eigenvalue weighted by Gasteiger charge is 2.16. The summed E-state index contributed by atoms with van der Waals surface area (Å²) in [6.45, 7) is 0.154. The van der Waals surface area contributed by atoms with E-state index in [2.05, 4.69) is 56.1 Å². The van der Waals surface area contributed by atoms with Crippen LogP contribution in [0.5, 0.6) is 5.75 Å². The molecule has 0 spiro atoms. The zero-order valence-electron chi connectivity index (χ0n) is 28.2. The molecule has 54 heavy (non-hydrogen) atoms. The first-order valence-corrected chi connectivity index (χ1v) is 18.0. The summed E-state index contributed by atoms with van der Waals surface area (Å²) in [6.07, 6.45) is 4.32. The van der Waals surface area contributed by atoms with Crippen LogP contribution < -0.4 is 20.9 Å². The van der Waals surface area contributed by atoms with Gasteiger partial charge in [0, 0.05) is 35.8 Å². The number of anilines is 2. The summed E-state index contributed by atoms with van der Waals surface area (Å²) < 4.78 is 30.8. The molecule has 18 nitrogen and oxygen atoms in total. The van der Waals surface area contributed by atoms with Crippen molar-refractivity contribution < 1.29 is 22.7 Å². The van der Waals surface area contributed by atoms with E-state index < -0.39 is 27.2 Å². The summed E-state index contributed by atoms with van der Waals surface area (Å²) in [6, 6.07) is 24.4. The molecule has 0 aliphatic rings. The van der Waals surface area contributed by atoms with E-state index in [9.17, 15) is 22.8 Å². The van der Waals surface area contributed by atoms with Gasteiger partial charge >= 0.3 is 0 Å². The van der Waals surface area contributed by atoms with Crippen LogP contribution in [0.15, 0.2) is 113 Å². The fourth-order valence-corrected chi connectivity index (χ4v) is 5.71. The third-order valence-electron chi connectivity index (χ3n) is 7.71. The summed E-state index contributed by atoms with van der Waals surface area (Å²) in [5.41, 5.74) is 2.33. The third-order valence-corrected chi connectivity index (χ3v) is 8.82. The minimum absolute atomic E-state index is 0.00754. The van der Waals surface area contributed by atoms with Crippen LogP contribution >= 0.6 is 0 Å². The van der Waals surface area contributed by atoms with Gasteiger partial charge in [0.1, 0.15) is 29.4 Å². The van der Waals surface area contributed by atoms with Gasteiger partial charge in [0.15, 0.2) is 21.5 Å². The van der Waals surface area contributed by atoms with Crippen molar-refractivity contribution in [3.05, 3.63) is 125 Å². The lowest BCUT2D eigenvalue weighted by atomic mass is 10.1. The van der Waals surface area contributed by atoms with Gasteiger partial charge in [-0.25, -0.2) is 13.1 Å². The molecule has 2 amide bonds. The molecule has 7 rings (SSSR count). The van der Waals surface area contributed by atoms with Crippen LogP contribution in [-0.4, -0.2) is 83.2 Å². The van der Waals surface area contributed by atoms with Gasteiger partial charge in [-0.1, -0.05) is 30.3 Å². The van der Waals surface area contributed by atoms with Crippen molar-refractivity contribution in [3.8, 4) is 39.9 Å². The van der Waals surface area contributed by atoms with E-state index in [1.807, 2.05) is 24.3 Å². The number of aromatic nitrogens is 10. The highest BCUT2D eigenvalue weighted by Crippen LogP contribution is 2.25. The van der Waals surface area contributed by atoms with Crippen LogP contribution in [0, 0.1) is 0 Å². The van der Waals surface area contributed by atoms with Gasteiger partial charge in [-0.15, -0.1) is 20.4 Å². The number of carbonyl (C=O) groups is 2. The average Bonchev–Trinajstić information content (AvgIpc) is 3.86. The highest BCUT2D eigenvalue weighted by atomic mass is 32.2. The first kappa shape index (κ1) is 35.0. The number of rotatable bonds is 12. The molecule has 0 fully saturated rings. The molecule has 0 saturated heterocycles. The number of pyridine rings is 2. The number of hydrogen-bond acceptors (Lipinski definition) is 13. The Hall–Kier alpha value is -7.41. The molecule has 5 heterocycles. The molecule has 270 valence electrons. The number of H-pyrrole nitrogens is 2. The van der Waals surface area contributed by atoms with Gasteiger partial charge in [0.2, 0.25) is 11.9 Å². The van der Waals surface area contributed by atoms with Crippen LogP contribution in [0.3, 0.4) is 0 Å². The fourth-order valence-electron chi connectivity index (χ4n) is 5.04. The summed E-state index contributed by atoms with van der Waals surface area (Å²) in [5.74, 6) is 0.216. The third kappa shape index (κ3) is 8.21. The SMILES string of the molecule is CS(=O)(=O)c1cccc(C(=O)Nc2nnc(-c3ccc(-c4cccc(OCCn5nc(C(=O)Nc6nnc(-c7ccccn7)[nH]6)ccc5=O)c4)cn3)[nH]2)c1. The number of hydrogen-bond donors (Lipinski definition) is 4. The normalized spacial score (nSPS) is 11.2. The van der Waals surface area contributed by atoms with Crippen molar-refractivity contribution in [2.75, 3.05) is 23.5 Å². The Morgan fingerprint density at radius 2 is 1.50 bits per heavy atom. The molecule has 0 atom stereocenters. The molecule has 5 aromatic heterocycles. The minimum atomic E-state index is -3.48. The molecule has 0 aliphatic carbocycles. The largest absolute Gasteiger partial charge is 0.492 e. The van der Waals surface area contributed by atoms with E-state index in [1.165, 1.54) is 36.4 Å². The van der Waals surface area contributed by atoms with Gasteiger partial charge in [-0.3, -0.25) is 35.0 Å². The lowest BCUT2D eigenvalue weighted by molar-refractivity contribution is 0.101. The number of aromatic amines is 2. The smallest absolute Gasteiger partial charge is 0.278 e. The van der Waals surface area contributed by atoms with Crippen LogP contribution in [0.1, 0.15) is 20.8 Å². The predicted octanol–water partition coefficient (Wildman–Crippen LogP) is 3.26. The van der Waals surface area contributed by atoms with Crippen molar-refractivity contribution in [2.45, 2.75) is 11.4 Å². The van der Waals surface area contributed by atoms with Gasteiger partial charge in [0.05, 0.1) is 11.4 Å². The van der Waals surface area contributed by atoms with Gasteiger partial charge in [-0.05, 0) is 60.2 Å². The van der Waals surface area contributed by atoms with Crippen molar-refractivity contribution in [2.24, 2.45) is 0 Å². The highest BCUT2D eigenvalue weighted by molar-refractivity contribution is 7.90. The summed E-state index contributed by atoms with van der Waals surface area (Å²) in [4.78, 5) is 52.5. The first-order valence-electron chi connectivity index (χ1n) is 16.1. The van der Waals surface area contributed by atoms with E-state index in [0.717, 1.165) is 22.1 Å². The zero-order chi connectivity index (χ0) is 37.7. The van der Waals surface area contributed by atoms with E-state index in [-0.39, 0.29) is 41.2 Å². The molecule has 0 aliphatic heterocycles. The molecule has 0 unspecified atom stereocenters. The maximum absolute atomic E-state index is 12.8. The molecular formula is C35H28N12O6S. The number of amides is 2. The van der Waals surface area contributed by atoms with Crippen molar-refractivity contribution in [1.29, 1.82) is 0 Å². The van der Waals surface area contributed by atoms with Gasteiger partial charge in [-0.2, -0.15) is 5.10 Å². The minimum Gasteiger partial charge on any atom is -0.492 e. The molecule has 2 aromatic carbocycles. The fraction of sp³-hybridized carbons (Fsp3) is 0.0857. The molecular weight excluding hydrogens is 717 g/mol. The standard InChI is InChI=1S/C35H28N12O6S/c1-54(51,52)25-9-5-7-22(19-25)32(49)40-34-39-31(43-44-34)27-12-11-23(20-37-27)21-6-4-8-24(18-21)53-17-16-47-29(48)14-13-28(46-47)33(50)41-35-38-30(42-45-35)26-10-2-3-15-36-26/h2-15,18-20H,16-17H2,1H3,(H2,38,41,42,45,50)(H2,39,40,43,44,49). The molecule has 7 aromatic rings. The van der Waals surface area contributed by atoms with Crippen molar-refractivity contribution >= 4 is 33.5 Å². The summed E-state index contributed by atoms with van der Waals surface area (Å²) in [5, 5.41) is 25.3. The Balaban J connectivity index is 0.944. The van der Waals surface area contributed by atoms with E-state index >= 15 is 0 Å². The number of nitrogens with one attached hydrogen (secondary N) is 4. The number of benzene rings is 2. The van der Waals surface area contributed by atoms with E-state index in [1.54, 1.807) is 42.7 Å². The maximum atomic E-state index is 12.8. The van der Waals surface area contributed by atoms with Crippen LogP contribution in [-0.2, 0) is 16.4 Å². The second-order valence-electron chi connectivity index (χ2n) is 11.6. The zero-order valence-corrected chi connectivity index (χ0v) is 29.0. The lowest BCUT2D eigenvalue weighted by Crippen LogP contribution is -2.28. The van der Waals surface area contributed by atoms with Gasteiger partial charge < -0.3 is 14.7 Å². The summed E-state index contributed by atoms with van der Waals surface area (Å²) >= 11 is 0. The van der Waals surface area contributed by atoms with Crippen molar-refractivity contribution in [1.82, 2.24) is 50.1 Å². The Morgan fingerprint density at radius 1 is 0.759 bits per heavy atom. The second kappa shape index (κ2) is 15.1. The quantitative estimate of drug-likeness (QED) is 0.141. The Morgan fingerprint density at radius 3 is 2.20 bits per heavy atom. The van der Waals surface area contributed by atoms with Crippen LogP contribution in [0.4, 0.5) is 11.9 Å². The average molecular weight is 745 g/mol. The lowest BCUT2D eigenvalue weighted by Gasteiger charge is -2.10. The van der Waals surface area contributed by atoms with Crippen molar-refractivity contribution in [3.63, 3.8) is 0 Å². The Labute approximate surface area is 305 Å². The molecule has 4 N–H and O–H groups in total. The first-order chi connectivity index (χ1) is 26.1. The van der Waals surface area contributed by atoms with E-state index in [0.29, 0.717) is 28.8 Å².